The molecule has 0 unspecified atom stereocenters. The Morgan fingerprint density at radius 1 is 0.466 bits per heavy atom. The Bertz CT molecular complexity index is 1530. The normalized spacial score (nSPS) is 22.1. The van der Waals surface area contributed by atoms with Crippen LogP contribution in [-0.4, -0.2) is 179 Å². The number of alkyl halides is 2. The molecule has 2 atom stereocenters. The molecule has 7 fully saturated rings. The third kappa shape index (κ3) is 48.9. The minimum absolute atomic E-state index is 0.0537. The molecule has 4 aliphatic carbocycles. The lowest BCUT2D eigenvalue weighted by Gasteiger charge is -2.53. The van der Waals surface area contributed by atoms with E-state index in [1.807, 2.05) is 27.7 Å². The van der Waals surface area contributed by atoms with E-state index >= 15 is 0 Å². The van der Waals surface area contributed by atoms with Gasteiger partial charge >= 0.3 is 0 Å². The molecule has 7 rings (SSSR count). The van der Waals surface area contributed by atoms with Gasteiger partial charge in [0.1, 0.15) is 12.3 Å². The van der Waals surface area contributed by atoms with Crippen LogP contribution in [0.3, 0.4) is 0 Å². The molecule has 1 spiro atoms. The van der Waals surface area contributed by atoms with Crippen LogP contribution < -0.4 is 49.5 Å². The van der Waals surface area contributed by atoms with Gasteiger partial charge in [-0.25, -0.2) is 8.78 Å². The summed E-state index contributed by atoms with van der Waals surface area (Å²) in [5.74, 6) is 6.55. The maximum absolute atomic E-state index is 12.3. The van der Waals surface area contributed by atoms with E-state index in [1.165, 1.54) is 32.1 Å². The number of carbonyl (C=O) groups is 2. The van der Waals surface area contributed by atoms with E-state index in [-0.39, 0.29) is 44.0 Å². The van der Waals surface area contributed by atoms with Gasteiger partial charge in [0.25, 0.3) is 0 Å². The Morgan fingerprint density at radius 2 is 0.841 bits per heavy atom. The summed E-state index contributed by atoms with van der Waals surface area (Å²) in [4.78, 5) is 23.2. The molecule has 3 saturated heterocycles. The quantitative estimate of drug-likeness (QED) is 0.0338. The lowest BCUT2D eigenvalue weighted by Crippen LogP contribution is -2.62. The maximum atomic E-state index is 12.3. The number of rotatable bonds is 29. The predicted octanol–water partition coefficient (Wildman–Crippen LogP) is 9.60. The number of ether oxygens (including phenoxy) is 6. The minimum atomic E-state index is -1.00. The molecule has 0 bridgehead atoms. The smallest absolute Gasteiger partial charge is 0.223 e. The average molecular weight is 1260 g/mol. The number of hydrogen-bond donors (Lipinski definition) is 9. The summed E-state index contributed by atoms with van der Waals surface area (Å²) in [6.07, 6.45) is 14.7. The zero-order valence-electron chi connectivity index (χ0n) is 59.4. The highest BCUT2D eigenvalue weighted by Gasteiger charge is 2.50. The van der Waals surface area contributed by atoms with Crippen LogP contribution in [0.25, 0.3) is 0 Å². The molecule has 19 heteroatoms. The summed E-state index contributed by atoms with van der Waals surface area (Å²) in [7, 11) is 0. The second-order valence-corrected chi connectivity index (χ2v) is 29.6. The topological polar surface area (TPSA) is 254 Å². The third-order valence-corrected chi connectivity index (χ3v) is 15.3. The van der Waals surface area contributed by atoms with Gasteiger partial charge in [0, 0.05) is 122 Å². The molecular weight excluding hydrogens is 1120 g/mol. The highest BCUT2D eigenvalue weighted by Crippen LogP contribution is 2.48. The first-order valence-corrected chi connectivity index (χ1v) is 35.0. The summed E-state index contributed by atoms with van der Waals surface area (Å²) in [5, 5.41) is 15.8. The van der Waals surface area contributed by atoms with Crippen molar-refractivity contribution in [3.63, 3.8) is 0 Å². The molecule has 17 nitrogen and oxygen atoms in total. The molecule has 7 aliphatic rings. The van der Waals surface area contributed by atoms with Gasteiger partial charge in [0.05, 0.1) is 38.1 Å². The van der Waals surface area contributed by atoms with Crippen molar-refractivity contribution in [2.75, 3.05) is 125 Å². The molecular formula is C69H143F2N9O8. The molecule has 0 aromatic rings. The largest absolute Gasteiger partial charge is 0.381 e. The number of nitrogens with one attached hydrogen (secondary N) is 5. The molecule has 2 amide bonds. The second-order valence-electron chi connectivity index (χ2n) is 29.6. The Kier molecular flexibility index (Phi) is 51.6. The summed E-state index contributed by atoms with van der Waals surface area (Å²) in [5.41, 5.74) is 21.8. The molecule has 88 heavy (non-hydrogen) atoms. The first-order chi connectivity index (χ1) is 41.6. The lowest BCUT2D eigenvalue weighted by molar-refractivity contribution is -0.135. The molecule has 3 heterocycles. The minimum Gasteiger partial charge on any atom is -0.381 e. The van der Waals surface area contributed by atoms with E-state index in [0.717, 1.165) is 143 Å². The molecule has 4 saturated carbocycles. The van der Waals surface area contributed by atoms with Gasteiger partial charge in [-0.1, -0.05) is 130 Å². The van der Waals surface area contributed by atoms with Crippen molar-refractivity contribution in [1.29, 1.82) is 0 Å². The molecule has 526 valence electrons. The van der Waals surface area contributed by atoms with Crippen LogP contribution in [0.2, 0.25) is 0 Å². The number of amides is 2. The van der Waals surface area contributed by atoms with Crippen LogP contribution in [0.15, 0.2) is 0 Å². The summed E-state index contributed by atoms with van der Waals surface area (Å²) in [6, 6.07) is 0.828. The highest BCUT2D eigenvalue weighted by atomic mass is 19.1. The van der Waals surface area contributed by atoms with Crippen LogP contribution in [0.1, 0.15) is 194 Å². The maximum Gasteiger partial charge on any atom is 0.223 e. The number of nitrogens with two attached hydrogens (primary N) is 4. The second kappa shape index (κ2) is 52.6. The summed E-state index contributed by atoms with van der Waals surface area (Å²) >= 11 is 0. The summed E-state index contributed by atoms with van der Waals surface area (Å²) in [6.45, 7) is 48.3. The van der Waals surface area contributed by atoms with Gasteiger partial charge in [-0.2, -0.15) is 0 Å². The lowest BCUT2D eigenvalue weighted by atomic mass is 9.58. The molecule has 13 N–H and O–H groups in total. The first-order valence-electron chi connectivity index (χ1n) is 35.0. The van der Waals surface area contributed by atoms with Crippen molar-refractivity contribution in [3.8, 4) is 0 Å². The van der Waals surface area contributed by atoms with Gasteiger partial charge in [-0.3, -0.25) is 9.59 Å². The van der Waals surface area contributed by atoms with E-state index in [1.54, 1.807) is 0 Å². The monoisotopic (exact) mass is 1260 g/mol. The van der Waals surface area contributed by atoms with Gasteiger partial charge in [-0.15, -0.1) is 0 Å². The summed E-state index contributed by atoms with van der Waals surface area (Å²) < 4.78 is 56.9. The van der Waals surface area contributed by atoms with Crippen LogP contribution in [0.5, 0.6) is 0 Å². The van der Waals surface area contributed by atoms with E-state index in [9.17, 15) is 18.4 Å². The van der Waals surface area contributed by atoms with Crippen LogP contribution >= 0.6 is 0 Å². The first kappa shape index (κ1) is 86.3. The standard InChI is InChI=1S/C11H20N2O.C10H20N2O.C10H20O.3C8H17NO.2C7H16FNO/c1-8(2)5-13-10(14)9-3-11(4-9)6-12-7-11;1-8(2)7-12-10(13)9-3-5-11-6-4-9;1-9(2)8-11-10-6-4-3-5-7-10;1-7(2)5-10-6-8-3-9-4-8;2*1-6(2)5-10-8-3-7(9)4-8;2*1-6(2)4-10-5-7(8)3-9/h8-9,12H,3-7H2,1-2H3,(H,13,14);8-9,11H,3-7H2,1-2H3,(H,12,13);9-10H,3-8H2,1-2H3;7-9H,3-6H2,1-2H3;2*6-8H,3-5,9H2,1-2H3;2*6-7H,3-5,9H2,1-2H3/t;;;;;;2*7-/m......10/s1. The van der Waals surface area contributed by atoms with Crippen molar-refractivity contribution in [3.05, 3.63) is 0 Å². The van der Waals surface area contributed by atoms with E-state index in [2.05, 4.69) is 110 Å². The fourth-order valence-electron chi connectivity index (χ4n) is 9.56. The van der Waals surface area contributed by atoms with Gasteiger partial charge < -0.3 is 77.9 Å². The number of carbonyl (C=O) groups excluding carboxylic acids is 2. The molecule has 0 aromatic heterocycles. The highest BCUT2D eigenvalue weighted by molar-refractivity contribution is 5.80. The molecule has 0 aromatic carbocycles. The number of halogens is 2. The van der Waals surface area contributed by atoms with Gasteiger partial charge in [-0.05, 0) is 130 Å². The fourth-order valence-corrected chi connectivity index (χ4v) is 9.56. The van der Waals surface area contributed by atoms with Crippen molar-refractivity contribution < 1.29 is 46.8 Å². The van der Waals surface area contributed by atoms with Gasteiger partial charge in [0.15, 0.2) is 0 Å². The third-order valence-electron chi connectivity index (χ3n) is 15.3. The Labute approximate surface area is 538 Å². The Balaban J connectivity index is 0.000000987. The van der Waals surface area contributed by atoms with Crippen LogP contribution in [-0.2, 0) is 38.0 Å². The van der Waals surface area contributed by atoms with E-state index < -0.39 is 12.3 Å². The Morgan fingerprint density at radius 3 is 1.16 bits per heavy atom. The zero-order valence-corrected chi connectivity index (χ0v) is 59.4. The van der Waals surface area contributed by atoms with Crippen molar-refractivity contribution in [2.45, 2.75) is 237 Å². The van der Waals surface area contributed by atoms with E-state index in [0.29, 0.717) is 102 Å². The average Bonchev–Trinajstić information content (AvgIpc) is 3.19. The van der Waals surface area contributed by atoms with Crippen LogP contribution in [0, 0.1) is 70.5 Å². The van der Waals surface area contributed by atoms with Crippen molar-refractivity contribution in [1.82, 2.24) is 26.6 Å². The van der Waals surface area contributed by atoms with Gasteiger partial charge in [0.2, 0.25) is 11.8 Å². The number of piperidine rings is 1. The fraction of sp³-hybridized carbons (Fsp3) is 0.971. The SMILES string of the molecule is CC(C)CNC(=O)C1CC2(CNC2)C1.CC(C)CNC(=O)C1CCNCC1.CC(C)COC1CC(N)C1.CC(C)COC1CC(N)C1.CC(C)COC1CCCCC1.CC(C)COCC1CNC1.CC(C)COC[C@@H](F)CN.CC(C)COC[C@H](F)CN. The zero-order chi connectivity index (χ0) is 66.5. The molecule has 3 aliphatic heterocycles. The van der Waals surface area contributed by atoms with Crippen LogP contribution in [0.4, 0.5) is 8.78 Å². The number of hydrogen-bond acceptors (Lipinski definition) is 15. The predicted molar refractivity (Wildman–Crippen MR) is 362 cm³/mol. The van der Waals surface area contributed by atoms with Crippen molar-refractivity contribution >= 4 is 11.8 Å². The Hall–Kier alpha value is -1.72. The van der Waals surface area contributed by atoms with E-state index in [4.69, 9.17) is 51.4 Å². The molecule has 0 radical (unpaired) electrons. The van der Waals surface area contributed by atoms with Crippen molar-refractivity contribution in [2.24, 2.45) is 93.4 Å².